The van der Waals surface area contributed by atoms with Crippen molar-refractivity contribution in [2.24, 2.45) is 7.05 Å². The van der Waals surface area contributed by atoms with Gasteiger partial charge in [0.15, 0.2) is 5.82 Å². The number of carbonyl (C=O) groups excluding carboxylic acids is 1. The first kappa shape index (κ1) is 27.4. The second-order valence-electron chi connectivity index (χ2n) is 10.8. The molecule has 41 heavy (non-hydrogen) atoms. The van der Waals surface area contributed by atoms with Gasteiger partial charge in [0.1, 0.15) is 17.3 Å². The van der Waals surface area contributed by atoms with Crippen molar-refractivity contribution < 1.29 is 18.0 Å². The van der Waals surface area contributed by atoms with Gasteiger partial charge in [-0.1, -0.05) is 48.2 Å². The van der Waals surface area contributed by atoms with E-state index in [4.69, 9.17) is 11.6 Å². The molecule has 0 atom stereocenters. The standard InChI is InChI=1S/C30H28ClF3N6O/c1-17-7-8-21(28-38-36-16-39(28)2)22(9-17)19-12-26(31)37-27(13-19)40-15-24-23(29(40)41)10-18(11-25(24)30(32,33)34)14-35-20-5-3-4-6-20/h7-13,16,20,35H,3-6,14-15H2,1-2H3. The number of rotatable bonds is 6. The van der Waals surface area contributed by atoms with Crippen LogP contribution in [-0.2, 0) is 26.3 Å². The van der Waals surface area contributed by atoms with Crippen LogP contribution in [0.1, 0.15) is 58.3 Å². The van der Waals surface area contributed by atoms with Gasteiger partial charge in [-0.05, 0) is 66.3 Å². The molecule has 212 valence electrons. The summed E-state index contributed by atoms with van der Waals surface area (Å²) in [5.74, 6) is 0.275. The normalized spacial score (nSPS) is 15.7. The lowest BCUT2D eigenvalue weighted by molar-refractivity contribution is -0.138. The van der Waals surface area contributed by atoms with Crippen molar-refractivity contribution in [3.05, 3.63) is 81.8 Å². The van der Waals surface area contributed by atoms with Crippen molar-refractivity contribution in [1.29, 1.82) is 0 Å². The minimum absolute atomic E-state index is 0.0432. The summed E-state index contributed by atoms with van der Waals surface area (Å²) in [7, 11) is 1.83. The molecule has 0 bridgehead atoms. The van der Waals surface area contributed by atoms with Crippen molar-refractivity contribution in [2.75, 3.05) is 4.90 Å². The summed E-state index contributed by atoms with van der Waals surface area (Å²) < 4.78 is 44.4. The van der Waals surface area contributed by atoms with Gasteiger partial charge in [0.25, 0.3) is 5.91 Å². The van der Waals surface area contributed by atoms with Crippen molar-refractivity contribution in [2.45, 2.75) is 57.9 Å². The van der Waals surface area contributed by atoms with E-state index in [0.29, 0.717) is 17.0 Å². The Morgan fingerprint density at radius 2 is 1.83 bits per heavy atom. The molecule has 3 heterocycles. The third-order valence-electron chi connectivity index (χ3n) is 7.85. The Morgan fingerprint density at radius 3 is 2.54 bits per heavy atom. The molecule has 2 aromatic heterocycles. The molecule has 2 aromatic carbocycles. The number of alkyl halides is 3. The molecule has 1 N–H and O–H groups in total. The second kappa shape index (κ2) is 10.6. The number of amides is 1. The number of pyridine rings is 1. The summed E-state index contributed by atoms with van der Waals surface area (Å²) >= 11 is 6.45. The van der Waals surface area contributed by atoms with E-state index < -0.39 is 17.6 Å². The molecule has 0 spiro atoms. The first-order chi connectivity index (χ1) is 19.6. The fourth-order valence-electron chi connectivity index (χ4n) is 5.80. The number of nitrogens with zero attached hydrogens (tertiary/aromatic N) is 5. The maximum Gasteiger partial charge on any atom is 0.416 e. The van der Waals surface area contributed by atoms with E-state index in [1.165, 1.54) is 4.90 Å². The van der Waals surface area contributed by atoms with E-state index in [0.717, 1.165) is 48.4 Å². The average molecular weight is 581 g/mol. The number of nitrogens with one attached hydrogen (secondary N) is 1. The Labute approximate surface area is 240 Å². The highest BCUT2D eigenvalue weighted by atomic mass is 35.5. The number of fused-ring (bicyclic) bond motifs is 1. The highest BCUT2D eigenvalue weighted by Gasteiger charge is 2.41. The number of aryl methyl sites for hydroxylation is 2. The molecule has 1 aliphatic carbocycles. The number of anilines is 1. The Kier molecular flexibility index (Phi) is 7.07. The summed E-state index contributed by atoms with van der Waals surface area (Å²) in [6.07, 6.45) is 1.22. The molecule has 1 aliphatic heterocycles. The lowest BCUT2D eigenvalue weighted by atomic mass is 9.97. The van der Waals surface area contributed by atoms with Gasteiger partial charge in [0, 0.05) is 30.8 Å². The first-order valence-electron chi connectivity index (χ1n) is 13.5. The van der Waals surface area contributed by atoms with Crippen LogP contribution in [0.15, 0.2) is 48.8 Å². The minimum Gasteiger partial charge on any atom is -0.317 e. The van der Waals surface area contributed by atoms with Gasteiger partial charge in [0.2, 0.25) is 0 Å². The SMILES string of the molecule is Cc1ccc(-c2nncn2C)c(-c2cc(Cl)nc(N3Cc4c(cc(CNC5CCCC5)cc4C(F)(F)F)C3=O)c2)c1. The molecule has 0 radical (unpaired) electrons. The smallest absolute Gasteiger partial charge is 0.317 e. The third-order valence-corrected chi connectivity index (χ3v) is 8.05. The molecule has 0 saturated heterocycles. The van der Waals surface area contributed by atoms with Gasteiger partial charge in [-0.15, -0.1) is 10.2 Å². The monoisotopic (exact) mass is 580 g/mol. The molecule has 4 aromatic rings. The van der Waals surface area contributed by atoms with E-state index >= 15 is 0 Å². The molecular formula is C30H28ClF3N6O. The maximum absolute atomic E-state index is 14.2. The maximum atomic E-state index is 14.2. The lowest BCUT2D eigenvalue weighted by Crippen LogP contribution is -2.26. The quantitative estimate of drug-likeness (QED) is 0.256. The van der Waals surface area contributed by atoms with E-state index in [1.807, 2.05) is 32.2 Å². The zero-order valence-corrected chi connectivity index (χ0v) is 23.4. The van der Waals surface area contributed by atoms with Crippen LogP contribution in [-0.4, -0.2) is 31.7 Å². The predicted molar refractivity (Wildman–Crippen MR) is 150 cm³/mol. The second-order valence-corrected chi connectivity index (χ2v) is 11.2. The number of benzene rings is 2. The van der Waals surface area contributed by atoms with Crippen LogP contribution in [0.25, 0.3) is 22.5 Å². The lowest BCUT2D eigenvalue weighted by Gasteiger charge is -2.18. The zero-order valence-electron chi connectivity index (χ0n) is 22.6. The molecule has 6 rings (SSSR count). The van der Waals surface area contributed by atoms with Gasteiger partial charge in [-0.25, -0.2) is 4.98 Å². The van der Waals surface area contributed by atoms with E-state index in [1.54, 1.807) is 29.1 Å². The molecule has 0 unspecified atom stereocenters. The molecule has 7 nitrogen and oxygen atoms in total. The average Bonchev–Trinajstić information content (AvgIpc) is 3.67. The summed E-state index contributed by atoms with van der Waals surface area (Å²) in [6.45, 7) is 1.97. The first-order valence-corrected chi connectivity index (χ1v) is 13.9. The number of aromatic nitrogens is 4. The highest BCUT2D eigenvalue weighted by Crippen LogP contribution is 2.41. The Morgan fingerprint density at radius 1 is 1.05 bits per heavy atom. The summed E-state index contributed by atoms with van der Waals surface area (Å²) in [6, 6.07) is 12.2. The Hall–Kier alpha value is -3.76. The van der Waals surface area contributed by atoms with E-state index in [-0.39, 0.29) is 41.2 Å². The van der Waals surface area contributed by atoms with Crippen molar-refractivity contribution >= 4 is 23.3 Å². The molecule has 2 aliphatic rings. The molecular weight excluding hydrogens is 553 g/mol. The molecule has 1 amide bonds. The Balaban J connectivity index is 1.38. The van der Waals surface area contributed by atoms with Crippen LogP contribution in [0, 0.1) is 6.92 Å². The van der Waals surface area contributed by atoms with Crippen LogP contribution >= 0.6 is 11.6 Å². The largest absolute Gasteiger partial charge is 0.416 e. The number of hydrogen-bond acceptors (Lipinski definition) is 5. The van der Waals surface area contributed by atoms with Crippen LogP contribution in [0.5, 0.6) is 0 Å². The number of carbonyl (C=O) groups is 1. The van der Waals surface area contributed by atoms with Gasteiger partial charge in [0.05, 0.1) is 12.1 Å². The number of halogens is 4. The topological polar surface area (TPSA) is 75.9 Å². The van der Waals surface area contributed by atoms with Gasteiger partial charge < -0.3 is 9.88 Å². The van der Waals surface area contributed by atoms with E-state index in [9.17, 15) is 18.0 Å². The summed E-state index contributed by atoms with van der Waals surface area (Å²) in [5.41, 5.74) is 2.85. The zero-order chi connectivity index (χ0) is 28.9. The van der Waals surface area contributed by atoms with Crippen molar-refractivity contribution in [1.82, 2.24) is 25.1 Å². The fraction of sp³-hybridized carbons (Fsp3) is 0.333. The Bertz CT molecular complexity index is 1640. The summed E-state index contributed by atoms with van der Waals surface area (Å²) in [5, 5.41) is 11.7. The molecule has 1 saturated carbocycles. The van der Waals surface area contributed by atoms with Crippen LogP contribution in [0.3, 0.4) is 0 Å². The van der Waals surface area contributed by atoms with Crippen molar-refractivity contribution in [3.63, 3.8) is 0 Å². The van der Waals surface area contributed by atoms with Crippen LogP contribution < -0.4 is 10.2 Å². The van der Waals surface area contributed by atoms with Crippen LogP contribution in [0.4, 0.5) is 19.0 Å². The molecule has 1 fully saturated rings. The third kappa shape index (κ3) is 5.34. The van der Waals surface area contributed by atoms with Crippen molar-refractivity contribution in [3.8, 4) is 22.5 Å². The van der Waals surface area contributed by atoms with Crippen LogP contribution in [0.2, 0.25) is 5.15 Å². The van der Waals surface area contributed by atoms with Gasteiger partial charge in [-0.3, -0.25) is 9.69 Å². The summed E-state index contributed by atoms with van der Waals surface area (Å²) in [4.78, 5) is 19.3. The number of hydrogen-bond donors (Lipinski definition) is 1. The predicted octanol–water partition coefficient (Wildman–Crippen LogP) is 6.72. The van der Waals surface area contributed by atoms with Gasteiger partial charge in [-0.2, -0.15) is 13.2 Å². The minimum atomic E-state index is -4.61. The fourth-order valence-corrected chi connectivity index (χ4v) is 6.00. The van der Waals surface area contributed by atoms with Gasteiger partial charge >= 0.3 is 6.18 Å². The molecule has 11 heteroatoms. The van der Waals surface area contributed by atoms with E-state index in [2.05, 4.69) is 20.5 Å². The highest BCUT2D eigenvalue weighted by molar-refractivity contribution is 6.30.